The van der Waals surface area contributed by atoms with Crippen LogP contribution in [0.3, 0.4) is 0 Å². The maximum atomic E-state index is 12.7. The number of nitrogens with one attached hydrogen (secondary N) is 1. The first-order valence-corrected chi connectivity index (χ1v) is 10.0. The normalized spacial score (nSPS) is 16.2. The maximum Gasteiger partial charge on any atom is 0.253 e. The van der Waals surface area contributed by atoms with Gasteiger partial charge in [-0.1, -0.05) is 0 Å². The number of anilines is 1. The molecule has 0 aromatic heterocycles. The molecule has 1 aliphatic heterocycles. The van der Waals surface area contributed by atoms with Crippen molar-refractivity contribution >= 4 is 17.5 Å². The molecule has 0 saturated carbocycles. The van der Waals surface area contributed by atoms with Crippen LogP contribution in [0, 0.1) is 0 Å². The predicted molar refractivity (Wildman–Crippen MR) is 116 cm³/mol. The van der Waals surface area contributed by atoms with Crippen LogP contribution < -0.4 is 14.8 Å². The number of carbonyl (C=O) groups is 2. The van der Waals surface area contributed by atoms with Crippen molar-refractivity contribution in [2.75, 3.05) is 46.7 Å². The van der Waals surface area contributed by atoms with Gasteiger partial charge in [0.25, 0.3) is 5.91 Å². The molecule has 0 bridgehead atoms. The van der Waals surface area contributed by atoms with Gasteiger partial charge in [0, 0.05) is 37.0 Å². The summed E-state index contributed by atoms with van der Waals surface area (Å²) in [7, 11) is 6.72. The maximum absolute atomic E-state index is 12.7. The first-order valence-electron chi connectivity index (χ1n) is 10.0. The zero-order chi connectivity index (χ0) is 21.7. The number of hydrogen-bond acceptors (Lipinski definition) is 5. The second kappa shape index (κ2) is 9.63. The van der Waals surface area contributed by atoms with Gasteiger partial charge in [0.1, 0.15) is 11.5 Å². The Morgan fingerprint density at radius 1 is 1.10 bits per heavy atom. The van der Waals surface area contributed by atoms with E-state index in [1.54, 1.807) is 52.6 Å². The van der Waals surface area contributed by atoms with Crippen molar-refractivity contribution in [3.63, 3.8) is 0 Å². The first kappa shape index (κ1) is 21.6. The molecule has 2 aromatic carbocycles. The van der Waals surface area contributed by atoms with E-state index < -0.39 is 0 Å². The fourth-order valence-electron chi connectivity index (χ4n) is 3.81. The van der Waals surface area contributed by atoms with E-state index in [-0.39, 0.29) is 24.4 Å². The Bertz CT molecular complexity index is 896. The van der Waals surface area contributed by atoms with E-state index in [0.29, 0.717) is 11.3 Å². The molecular weight excluding hydrogens is 382 g/mol. The summed E-state index contributed by atoms with van der Waals surface area (Å²) in [5.41, 5.74) is 2.29. The van der Waals surface area contributed by atoms with Crippen LogP contribution in [0.2, 0.25) is 0 Å². The summed E-state index contributed by atoms with van der Waals surface area (Å²) in [4.78, 5) is 28.3. The zero-order valence-corrected chi connectivity index (χ0v) is 18.0. The van der Waals surface area contributed by atoms with Crippen LogP contribution in [0.5, 0.6) is 11.5 Å². The van der Waals surface area contributed by atoms with Crippen LogP contribution in [-0.4, -0.2) is 63.0 Å². The number of ether oxygens (including phenoxy) is 2. The monoisotopic (exact) mass is 411 g/mol. The number of likely N-dealkylation sites (tertiary alicyclic amines) is 1. The molecule has 160 valence electrons. The van der Waals surface area contributed by atoms with Gasteiger partial charge in [-0.15, -0.1) is 0 Å². The van der Waals surface area contributed by atoms with Crippen molar-refractivity contribution in [3.8, 4) is 11.5 Å². The quantitative estimate of drug-likeness (QED) is 0.758. The largest absolute Gasteiger partial charge is 0.497 e. The Labute approximate surface area is 177 Å². The van der Waals surface area contributed by atoms with Gasteiger partial charge in [-0.2, -0.15) is 0 Å². The third-order valence-electron chi connectivity index (χ3n) is 5.33. The Morgan fingerprint density at radius 2 is 1.83 bits per heavy atom. The van der Waals surface area contributed by atoms with Crippen LogP contribution in [0.15, 0.2) is 42.5 Å². The smallest absolute Gasteiger partial charge is 0.253 e. The van der Waals surface area contributed by atoms with Crippen molar-refractivity contribution < 1.29 is 19.1 Å². The van der Waals surface area contributed by atoms with Gasteiger partial charge < -0.3 is 19.7 Å². The number of rotatable bonds is 7. The molecular formula is C23H29N3O4. The molecule has 2 amide bonds. The lowest BCUT2D eigenvalue weighted by molar-refractivity contribution is -0.117. The van der Waals surface area contributed by atoms with Crippen molar-refractivity contribution in [2.24, 2.45) is 0 Å². The molecule has 1 fully saturated rings. The first-order chi connectivity index (χ1) is 14.4. The standard InChI is InChI=1S/C23H29N3O4/c1-25(2)23(28)16-7-9-17(10-8-16)24-22(27)15-26-13-5-6-20(26)19-14-18(29-3)11-12-21(19)30-4/h7-12,14,20H,5-6,13,15H2,1-4H3,(H,24,27)/t20-/m0/s1. The predicted octanol–water partition coefficient (Wildman–Crippen LogP) is 3.18. The van der Waals surface area contributed by atoms with E-state index in [1.165, 1.54) is 4.90 Å². The Hall–Kier alpha value is -3.06. The van der Waals surface area contributed by atoms with E-state index in [1.807, 2.05) is 18.2 Å². The molecule has 7 heteroatoms. The van der Waals surface area contributed by atoms with E-state index in [4.69, 9.17) is 9.47 Å². The summed E-state index contributed by atoms with van der Waals surface area (Å²) in [6.45, 7) is 1.12. The fourth-order valence-corrected chi connectivity index (χ4v) is 3.81. The highest BCUT2D eigenvalue weighted by Gasteiger charge is 2.30. The number of methoxy groups -OCH3 is 2. The zero-order valence-electron chi connectivity index (χ0n) is 18.0. The molecule has 1 heterocycles. The van der Waals surface area contributed by atoms with Crippen LogP contribution in [0.25, 0.3) is 0 Å². The van der Waals surface area contributed by atoms with Crippen LogP contribution in [0.1, 0.15) is 34.8 Å². The fraction of sp³-hybridized carbons (Fsp3) is 0.391. The topological polar surface area (TPSA) is 71.1 Å². The van der Waals surface area contributed by atoms with Crippen molar-refractivity contribution in [3.05, 3.63) is 53.6 Å². The van der Waals surface area contributed by atoms with Gasteiger partial charge >= 0.3 is 0 Å². The average molecular weight is 412 g/mol. The number of amides is 2. The number of benzene rings is 2. The van der Waals surface area contributed by atoms with Crippen molar-refractivity contribution in [2.45, 2.75) is 18.9 Å². The highest BCUT2D eigenvalue weighted by molar-refractivity contribution is 5.96. The summed E-state index contributed by atoms with van der Waals surface area (Å²) in [5.74, 6) is 1.42. The van der Waals surface area contributed by atoms with E-state index in [2.05, 4.69) is 10.2 Å². The number of hydrogen-bond donors (Lipinski definition) is 1. The van der Waals surface area contributed by atoms with Crippen molar-refractivity contribution in [1.29, 1.82) is 0 Å². The number of nitrogens with zero attached hydrogens (tertiary/aromatic N) is 2. The molecule has 0 radical (unpaired) electrons. The molecule has 1 saturated heterocycles. The van der Waals surface area contributed by atoms with Gasteiger partial charge in [0.05, 0.1) is 20.8 Å². The summed E-state index contributed by atoms with van der Waals surface area (Å²) in [5, 5.41) is 2.93. The lowest BCUT2D eigenvalue weighted by Crippen LogP contribution is -2.33. The lowest BCUT2D eigenvalue weighted by Gasteiger charge is -2.26. The van der Waals surface area contributed by atoms with Gasteiger partial charge in [-0.3, -0.25) is 14.5 Å². The summed E-state index contributed by atoms with van der Waals surface area (Å²) in [6.07, 6.45) is 1.97. The third-order valence-corrected chi connectivity index (χ3v) is 5.33. The minimum Gasteiger partial charge on any atom is -0.497 e. The molecule has 0 spiro atoms. The molecule has 1 atom stereocenters. The van der Waals surface area contributed by atoms with Gasteiger partial charge in [0.15, 0.2) is 0 Å². The van der Waals surface area contributed by atoms with Crippen molar-refractivity contribution in [1.82, 2.24) is 9.80 Å². The van der Waals surface area contributed by atoms with Crippen LogP contribution >= 0.6 is 0 Å². The molecule has 0 unspecified atom stereocenters. The van der Waals surface area contributed by atoms with Gasteiger partial charge in [-0.05, 0) is 61.9 Å². The van der Waals surface area contributed by atoms with E-state index in [9.17, 15) is 9.59 Å². The Kier molecular flexibility index (Phi) is 6.95. The third kappa shape index (κ3) is 4.91. The van der Waals surface area contributed by atoms with Crippen LogP contribution in [-0.2, 0) is 4.79 Å². The lowest BCUT2D eigenvalue weighted by atomic mass is 10.0. The highest BCUT2D eigenvalue weighted by Crippen LogP contribution is 2.38. The average Bonchev–Trinajstić information content (AvgIpc) is 3.20. The highest BCUT2D eigenvalue weighted by atomic mass is 16.5. The molecule has 7 nitrogen and oxygen atoms in total. The second-order valence-electron chi connectivity index (χ2n) is 7.56. The van der Waals surface area contributed by atoms with Gasteiger partial charge in [-0.25, -0.2) is 0 Å². The van der Waals surface area contributed by atoms with E-state index >= 15 is 0 Å². The molecule has 0 aliphatic carbocycles. The Balaban J connectivity index is 1.67. The minimum atomic E-state index is -0.0875. The summed E-state index contributed by atoms with van der Waals surface area (Å²) >= 11 is 0. The SMILES string of the molecule is COc1ccc(OC)c([C@@H]2CCCN2CC(=O)Nc2ccc(C(=O)N(C)C)cc2)c1. The summed E-state index contributed by atoms with van der Waals surface area (Å²) in [6, 6.07) is 12.8. The molecule has 30 heavy (non-hydrogen) atoms. The minimum absolute atomic E-state index is 0.0694. The van der Waals surface area contributed by atoms with E-state index in [0.717, 1.165) is 36.4 Å². The molecule has 2 aromatic rings. The second-order valence-corrected chi connectivity index (χ2v) is 7.56. The Morgan fingerprint density at radius 3 is 2.47 bits per heavy atom. The number of carbonyl (C=O) groups excluding carboxylic acids is 2. The van der Waals surface area contributed by atoms with Gasteiger partial charge in [0.2, 0.25) is 5.91 Å². The molecule has 1 aliphatic rings. The summed E-state index contributed by atoms with van der Waals surface area (Å²) < 4.78 is 10.9. The van der Waals surface area contributed by atoms with Crippen LogP contribution in [0.4, 0.5) is 5.69 Å². The molecule has 3 rings (SSSR count). The molecule has 1 N–H and O–H groups in total.